The minimum absolute atomic E-state index is 0.00438. The molecule has 0 aromatic rings. The molecule has 0 aliphatic carbocycles. The summed E-state index contributed by atoms with van der Waals surface area (Å²) in [5.74, 6) is -0.845. The van der Waals surface area contributed by atoms with Crippen LogP contribution in [-0.2, 0) is 23.8 Å². The lowest BCUT2D eigenvalue weighted by Crippen LogP contribution is -2.26. The molecule has 0 aromatic carbocycles. The first-order chi connectivity index (χ1) is 7.60. The maximum Gasteiger partial charge on any atom is 0.523 e. The second-order valence-electron chi connectivity index (χ2n) is 3.40. The molecule has 1 atom stereocenters. The Labute approximate surface area is 97.0 Å². The van der Waals surface area contributed by atoms with Gasteiger partial charge in [-0.3, -0.25) is 8.98 Å². The third-order valence-corrected chi connectivity index (χ3v) is 2.92. The van der Waals surface area contributed by atoms with Gasteiger partial charge in [0, 0.05) is 6.42 Å². The molecule has 0 heterocycles. The van der Waals surface area contributed by atoms with Gasteiger partial charge >= 0.3 is 21.6 Å². The normalized spacial score (nSPS) is 14.4. The molecule has 0 radical (unpaired) electrons. The van der Waals surface area contributed by atoms with Gasteiger partial charge in [-0.2, -0.15) is 21.6 Å². The number of rotatable bonds is 6. The predicted octanol–water partition coefficient (Wildman–Crippen LogP) is 1.44. The van der Waals surface area contributed by atoms with Crippen LogP contribution in [0.2, 0.25) is 0 Å². The van der Waals surface area contributed by atoms with Gasteiger partial charge < -0.3 is 4.74 Å². The molecular weight excluding hydrogens is 265 g/mol. The average molecular weight is 278 g/mol. The molecule has 9 heteroatoms. The Morgan fingerprint density at radius 2 is 1.88 bits per heavy atom. The van der Waals surface area contributed by atoms with Gasteiger partial charge in [0.2, 0.25) is 0 Å². The van der Waals surface area contributed by atoms with Crippen LogP contribution in [0.15, 0.2) is 0 Å². The molecule has 0 bridgehead atoms. The van der Waals surface area contributed by atoms with Crippen LogP contribution in [0.25, 0.3) is 0 Å². The maximum atomic E-state index is 11.8. The summed E-state index contributed by atoms with van der Waals surface area (Å²) in [6.07, 6.45) is -0.00364. The highest BCUT2D eigenvalue weighted by atomic mass is 32.2. The van der Waals surface area contributed by atoms with Crippen molar-refractivity contribution in [2.75, 3.05) is 13.7 Å². The maximum absolute atomic E-state index is 11.8. The van der Waals surface area contributed by atoms with E-state index < -0.39 is 28.2 Å². The quantitative estimate of drug-likeness (QED) is 0.418. The van der Waals surface area contributed by atoms with E-state index in [4.69, 9.17) is 0 Å². The zero-order valence-corrected chi connectivity index (χ0v) is 10.1. The number of methoxy groups -OCH3 is 1. The summed E-state index contributed by atoms with van der Waals surface area (Å²) >= 11 is 0. The summed E-state index contributed by atoms with van der Waals surface area (Å²) < 4.78 is 64.6. The number of carbonyl (C=O) groups is 1. The number of esters is 1. The number of halogens is 3. The van der Waals surface area contributed by atoms with E-state index in [9.17, 15) is 26.4 Å². The van der Waals surface area contributed by atoms with Gasteiger partial charge in [-0.1, -0.05) is 6.92 Å². The van der Waals surface area contributed by atoms with E-state index in [0.717, 1.165) is 0 Å². The minimum Gasteiger partial charge on any atom is -0.469 e. The van der Waals surface area contributed by atoms with E-state index in [2.05, 4.69) is 8.92 Å². The van der Waals surface area contributed by atoms with E-state index in [-0.39, 0.29) is 18.8 Å². The summed E-state index contributed by atoms with van der Waals surface area (Å²) in [6, 6.07) is 0. The van der Waals surface area contributed by atoms with E-state index in [1.165, 1.54) is 7.11 Å². The molecule has 0 amide bonds. The van der Waals surface area contributed by atoms with Crippen LogP contribution in [0.4, 0.5) is 13.2 Å². The van der Waals surface area contributed by atoms with Gasteiger partial charge in [0.15, 0.2) is 0 Å². The molecule has 0 saturated heterocycles. The Morgan fingerprint density at radius 3 is 2.29 bits per heavy atom. The SMILES string of the molecule is COC(=O)CC(C)CCOS(=O)(=O)C(F)(F)F. The first-order valence-electron chi connectivity index (χ1n) is 4.62. The topological polar surface area (TPSA) is 69.7 Å². The molecule has 0 N–H and O–H groups in total. The number of alkyl halides is 3. The fourth-order valence-corrected chi connectivity index (χ4v) is 1.35. The van der Waals surface area contributed by atoms with Gasteiger partial charge in [-0.05, 0) is 12.3 Å². The lowest BCUT2D eigenvalue weighted by molar-refractivity contribution is -0.141. The number of ether oxygens (including phenoxy) is 1. The highest BCUT2D eigenvalue weighted by Crippen LogP contribution is 2.25. The Morgan fingerprint density at radius 1 is 1.35 bits per heavy atom. The van der Waals surface area contributed by atoms with Crippen molar-refractivity contribution in [1.82, 2.24) is 0 Å². The molecule has 1 unspecified atom stereocenters. The number of carbonyl (C=O) groups excluding carboxylic acids is 1. The monoisotopic (exact) mass is 278 g/mol. The Kier molecular flexibility index (Phi) is 5.89. The summed E-state index contributed by atoms with van der Waals surface area (Å²) in [5, 5.41) is 0. The first kappa shape index (κ1) is 16.2. The Balaban J connectivity index is 4.05. The predicted molar refractivity (Wildman–Crippen MR) is 51.3 cm³/mol. The van der Waals surface area contributed by atoms with Gasteiger partial charge in [0.25, 0.3) is 0 Å². The minimum atomic E-state index is -5.54. The lowest BCUT2D eigenvalue weighted by atomic mass is 10.1. The van der Waals surface area contributed by atoms with Crippen molar-refractivity contribution in [3.05, 3.63) is 0 Å². The van der Waals surface area contributed by atoms with Crippen LogP contribution < -0.4 is 0 Å². The van der Waals surface area contributed by atoms with E-state index in [1.54, 1.807) is 6.92 Å². The third kappa shape index (κ3) is 5.87. The molecule has 0 fully saturated rings. The second-order valence-corrected chi connectivity index (χ2v) is 5.00. The standard InChI is InChI=1S/C8H13F3O5S/c1-6(5-7(12)15-2)3-4-16-17(13,14)8(9,10)11/h6H,3-5H2,1-2H3. The summed E-state index contributed by atoms with van der Waals surface area (Å²) in [7, 11) is -4.36. The van der Waals surface area contributed by atoms with Gasteiger partial charge in [-0.15, -0.1) is 0 Å². The van der Waals surface area contributed by atoms with Gasteiger partial charge in [-0.25, -0.2) is 0 Å². The summed E-state index contributed by atoms with van der Waals surface area (Å²) in [5.41, 5.74) is -5.42. The third-order valence-electron chi connectivity index (χ3n) is 1.88. The molecule has 5 nitrogen and oxygen atoms in total. The van der Waals surface area contributed by atoms with Crippen molar-refractivity contribution in [2.24, 2.45) is 5.92 Å². The Bertz CT molecular complexity index is 349. The van der Waals surface area contributed by atoms with Crippen LogP contribution in [0, 0.1) is 5.92 Å². The van der Waals surface area contributed by atoms with Crippen LogP contribution in [-0.4, -0.2) is 33.6 Å². The van der Waals surface area contributed by atoms with Crippen molar-refractivity contribution in [2.45, 2.75) is 25.3 Å². The fourth-order valence-electron chi connectivity index (χ4n) is 0.896. The van der Waals surface area contributed by atoms with Crippen LogP contribution in [0.5, 0.6) is 0 Å². The molecular formula is C8H13F3O5S. The average Bonchev–Trinajstić information content (AvgIpc) is 2.15. The van der Waals surface area contributed by atoms with Gasteiger partial charge in [0.1, 0.15) is 0 Å². The molecule has 0 aliphatic rings. The van der Waals surface area contributed by atoms with Crippen molar-refractivity contribution >= 4 is 16.1 Å². The largest absolute Gasteiger partial charge is 0.523 e. The van der Waals surface area contributed by atoms with Crippen LogP contribution >= 0.6 is 0 Å². The van der Waals surface area contributed by atoms with E-state index in [1.807, 2.05) is 0 Å². The van der Waals surface area contributed by atoms with Crippen molar-refractivity contribution < 1.29 is 35.3 Å². The zero-order chi connectivity index (χ0) is 13.7. The number of hydrogen-bond donors (Lipinski definition) is 0. The second kappa shape index (κ2) is 6.20. The lowest BCUT2D eigenvalue weighted by Gasteiger charge is -2.11. The van der Waals surface area contributed by atoms with Crippen molar-refractivity contribution in [1.29, 1.82) is 0 Å². The molecule has 0 rings (SSSR count). The number of hydrogen-bond acceptors (Lipinski definition) is 5. The van der Waals surface area contributed by atoms with Crippen LogP contribution in [0.1, 0.15) is 19.8 Å². The summed E-state index contributed by atoms with van der Waals surface area (Å²) in [4.78, 5) is 10.8. The molecule has 102 valence electrons. The molecule has 0 aliphatic heterocycles. The zero-order valence-electron chi connectivity index (χ0n) is 9.28. The van der Waals surface area contributed by atoms with Gasteiger partial charge in [0.05, 0.1) is 13.7 Å². The van der Waals surface area contributed by atoms with E-state index in [0.29, 0.717) is 0 Å². The van der Waals surface area contributed by atoms with Crippen molar-refractivity contribution in [3.8, 4) is 0 Å². The fraction of sp³-hybridized carbons (Fsp3) is 0.875. The smallest absolute Gasteiger partial charge is 0.469 e. The highest BCUT2D eigenvalue weighted by molar-refractivity contribution is 7.87. The highest BCUT2D eigenvalue weighted by Gasteiger charge is 2.47. The molecule has 0 saturated carbocycles. The molecule has 17 heavy (non-hydrogen) atoms. The molecule has 0 spiro atoms. The first-order valence-corrected chi connectivity index (χ1v) is 6.03. The van der Waals surface area contributed by atoms with E-state index >= 15 is 0 Å². The Hall–Kier alpha value is -0.830. The van der Waals surface area contributed by atoms with Crippen LogP contribution in [0.3, 0.4) is 0 Å². The molecule has 0 aromatic heterocycles. The summed E-state index contributed by atoms with van der Waals surface area (Å²) in [6.45, 7) is 0.945. The van der Waals surface area contributed by atoms with Crippen molar-refractivity contribution in [3.63, 3.8) is 0 Å².